The first-order chi connectivity index (χ1) is 6.19. The standard InChI is InChI=1S/C11H22N2/c1-5-10(3)13-7-6-11(12-4)9(2)8-13/h5,9-12H,1,6-8H2,2-4H3. The first-order valence-electron chi connectivity index (χ1n) is 5.23. The van der Waals surface area contributed by atoms with Crippen LogP contribution in [0.5, 0.6) is 0 Å². The summed E-state index contributed by atoms with van der Waals surface area (Å²) in [5, 5.41) is 3.38. The van der Waals surface area contributed by atoms with Crippen LogP contribution in [0, 0.1) is 5.92 Å². The van der Waals surface area contributed by atoms with Gasteiger partial charge in [0.25, 0.3) is 0 Å². The maximum atomic E-state index is 3.84. The summed E-state index contributed by atoms with van der Waals surface area (Å²) in [6.07, 6.45) is 3.29. The van der Waals surface area contributed by atoms with Gasteiger partial charge in [-0.1, -0.05) is 13.0 Å². The van der Waals surface area contributed by atoms with Gasteiger partial charge in [-0.3, -0.25) is 4.90 Å². The SMILES string of the molecule is C=CC(C)N1CCC(NC)C(C)C1. The zero-order valence-electron chi connectivity index (χ0n) is 9.09. The van der Waals surface area contributed by atoms with Crippen LogP contribution < -0.4 is 5.32 Å². The summed E-state index contributed by atoms with van der Waals surface area (Å²) in [6.45, 7) is 10.8. The molecule has 1 saturated heterocycles. The minimum atomic E-state index is 0.528. The Morgan fingerprint density at radius 2 is 2.31 bits per heavy atom. The van der Waals surface area contributed by atoms with E-state index < -0.39 is 0 Å². The number of nitrogens with zero attached hydrogens (tertiary/aromatic N) is 1. The Bertz CT molecular complexity index is 167. The van der Waals surface area contributed by atoms with Crippen molar-refractivity contribution in [2.75, 3.05) is 20.1 Å². The van der Waals surface area contributed by atoms with Crippen molar-refractivity contribution in [1.82, 2.24) is 10.2 Å². The Morgan fingerprint density at radius 3 is 2.77 bits per heavy atom. The lowest BCUT2D eigenvalue weighted by atomic mass is 9.93. The van der Waals surface area contributed by atoms with E-state index in [2.05, 4.69) is 37.7 Å². The molecular formula is C11H22N2. The molecule has 13 heavy (non-hydrogen) atoms. The molecule has 2 heteroatoms. The molecule has 1 fully saturated rings. The lowest BCUT2D eigenvalue weighted by molar-refractivity contribution is 0.132. The molecule has 2 nitrogen and oxygen atoms in total. The highest BCUT2D eigenvalue weighted by Gasteiger charge is 2.26. The normalized spacial score (nSPS) is 32.8. The molecule has 0 spiro atoms. The zero-order chi connectivity index (χ0) is 9.84. The largest absolute Gasteiger partial charge is 0.317 e. The summed E-state index contributed by atoms with van der Waals surface area (Å²) in [7, 11) is 2.06. The van der Waals surface area contributed by atoms with E-state index >= 15 is 0 Å². The minimum absolute atomic E-state index is 0.528. The maximum absolute atomic E-state index is 3.84. The van der Waals surface area contributed by atoms with Crippen molar-refractivity contribution in [3.05, 3.63) is 12.7 Å². The quantitative estimate of drug-likeness (QED) is 0.665. The van der Waals surface area contributed by atoms with Gasteiger partial charge in [-0.2, -0.15) is 0 Å². The van der Waals surface area contributed by atoms with E-state index in [9.17, 15) is 0 Å². The van der Waals surface area contributed by atoms with Gasteiger partial charge in [-0.25, -0.2) is 0 Å². The van der Waals surface area contributed by atoms with E-state index in [1.807, 2.05) is 6.08 Å². The van der Waals surface area contributed by atoms with Gasteiger partial charge in [0.05, 0.1) is 0 Å². The molecule has 0 aliphatic carbocycles. The molecule has 1 aliphatic heterocycles. The first-order valence-corrected chi connectivity index (χ1v) is 5.23. The van der Waals surface area contributed by atoms with Crippen molar-refractivity contribution in [3.8, 4) is 0 Å². The van der Waals surface area contributed by atoms with Crippen LogP contribution in [0.3, 0.4) is 0 Å². The fraction of sp³-hybridized carbons (Fsp3) is 0.818. The van der Waals surface area contributed by atoms with Crippen LogP contribution in [0.15, 0.2) is 12.7 Å². The molecule has 1 heterocycles. The molecular weight excluding hydrogens is 160 g/mol. The Hall–Kier alpha value is -0.340. The average molecular weight is 182 g/mol. The van der Waals surface area contributed by atoms with Crippen molar-refractivity contribution in [3.63, 3.8) is 0 Å². The smallest absolute Gasteiger partial charge is 0.0247 e. The predicted octanol–water partition coefficient (Wildman–Crippen LogP) is 1.49. The third-order valence-corrected chi connectivity index (χ3v) is 3.22. The van der Waals surface area contributed by atoms with Crippen LogP contribution in [-0.2, 0) is 0 Å². The van der Waals surface area contributed by atoms with Crippen LogP contribution >= 0.6 is 0 Å². The Labute approximate surface area is 82.0 Å². The van der Waals surface area contributed by atoms with Gasteiger partial charge in [0, 0.05) is 25.2 Å². The molecule has 3 atom stereocenters. The van der Waals surface area contributed by atoms with Gasteiger partial charge in [0.1, 0.15) is 0 Å². The van der Waals surface area contributed by atoms with Crippen molar-refractivity contribution in [2.24, 2.45) is 5.92 Å². The summed E-state index contributed by atoms with van der Waals surface area (Å²) in [5.41, 5.74) is 0. The van der Waals surface area contributed by atoms with Gasteiger partial charge in [0.15, 0.2) is 0 Å². The molecule has 0 amide bonds. The van der Waals surface area contributed by atoms with Crippen LogP contribution in [-0.4, -0.2) is 37.1 Å². The van der Waals surface area contributed by atoms with Crippen molar-refractivity contribution < 1.29 is 0 Å². The lowest BCUT2D eigenvalue weighted by Crippen LogP contribution is -2.49. The molecule has 0 radical (unpaired) electrons. The summed E-state index contributed by atoms with van der Waals surface area (Å²) in [6, 6.07) is 1.23. The van der Waals surface area contributed by atoms with Crippen LogP contribution in [0.4, 0.5) is 0 Å². The highest BCUT2D eigenvalue weighted by molar-refractivity contribution is 4.90. The van der Waals surface area contributed by atoms with Crippen molar-refractivity contribution >= 4 is 0 Å². The second-order valence-electron chi connectivity index (χ2n) is 4.13. The third kappa shape index (κ3) is 2.55. The van der Waals surface area contributed by atoms with Crippen molar-refractivity contribution in [2.45, 2.75) is 32.4 Å². The molecule has 1 N–H and O–H groups in total. The Kier molecular flexibility index (Phi) is 3.94. The minimum Gasteiger partial charge on any atom is -0.317 e. The molecule has 0 aromatic heterocycles. The van der Waals surface area contributed by atoms with Crippen molar-refractivity contribution in [1.29, 1.82) is 0 Å². The number of rotatable bonds is 3. The van der Waals surface area contributed by atoms with Gasteiger partial charge >= 0.3 is 0 Å². The summed E-state index contributed by atoms with van der Waals surface area (Å²) in [5.74, 6) is 0.751. The fourth-order valence-corrected chi connectivity index (χ4v) is 2.13. The third-order valence-electron chi connectivity index (χ3n) is 3.22. The molecule has 3 unspecified atom stereocenters. The molecule has 1 aliphatic rings. The molecule has 0 aromatic carbocycles. The Balaban J connectivity index is 2.45. The summed E-state index contributed by atoms with van der Waals surface area (Å²) < 4.78 is 0. The van der Waals surface area contributed by atoms with Crippen LogP contribution in [0.1, 0.15) is 20.3 Å². The summed E-state index contributed by atoms with van der Waals surface area (Å²) >= 11 is 0. The van der Waals surface area contributed by atoms with Crippen LogP contribution in [0.2, 0.25) is 0 Å². The summed E-state index contributed by atoms with van der Waals surface area (Å²) in [4.78, 5) is 2.51. The first kappa shape index (κ1) is 10.7. The van der Waals surface area contributed by atoms with Gasteiger partial charge < -0.3 is 5.32 Å². The number of likely N-dealkylation sites (tertiary alicyclic amines) is 1. The van der Waals surface area contributed by atoms with Gasteiger partial charge in [0.2, 0.25) is 0 Å². The molecule has 0 saturated carbocycles. The highest BCUT2D eigenvalue weighted by atomic mass is 15.2. The fourth-order valence-electron chi connectivity index (χ4n) is 2.13. The van der Waals surface area contributed by atoms with Crippen LogP contribution in [0.25, 0.3) is 0 Å². The second kappa shape index (κ2) is 4.77. The van der Waals surface area contributed by atoms with E-state index in [0.29, 0.717) is 12.1 Å². The number of piperidine rings is 1. The molecule has 0 aromatic rings. The topological polar surface area (TPSA) is 15.3 Å². The zero-order valence-corrected chi connectivity index (χ0v) is 9.09. The average Bonchev–Trinajstić information content (AvgIpc) is 2.16. The molecule has 1 rings (SSSR count). The van der Waals surface area contributed by atoms with Gasteiger partial charge in [-0.05, 0) is 26.3 Å². The van der Waals surface area contributed by atoms with E-state index in [1.165, 1.54) is 19.5 Å². The van der Waals surface area contributed by atoms with E-state index in [4.69, 9.17) is 0 Å². The highest BCUT2D eigenvalue weighted by Crippen LogP contribution is 2.18. The molecule has 76 valence electrons. The molecule has 0 bridgehead atoms. The van der Waals surface area contributed by atoms with E-state index in [0.717, 1.165) is 5.92 Å². The predicted molar refractivity (Wildman–Crippen MR) is 57.9 cm³/mol. The second-order valence-corrected chi connectivity index (χ2v) is 4.13. The van der Waals surface area contributed by atoms with E-state index in [1.54, 1.807) is 0 Å². The number of nitrogens with one attached hydrogen (secondary N) is 1. The monoisotopic (exact) mass is 182 g/mol. The van der Waals surface area contributed by atoms with E-state index in [-0.39, 0.29) is 0 Å². The Morgan fingerprint density at radius 1 is 1.62 bits per heavy atom. The lowest BCUT2D eigenvalue weighted by Gasteiger charge is -2.39. The van der Waals surface area contributed by atoms with Gasteiger partial charge in [-0.15, -0.1) is 6.58 Å². The maximum Gasteiger partial charge on any atom is 0.0247 e. The number of hydrogen-bond donors (Lipinski definition) is 1. The number of hydrogen-bond acceptors (Lipinski definition) is 2.